The van der Waals surface area contributed by atoms with E-state index < -0.39 is 10.0 Å². The number of amides is 1. The highest BCUT2D eigenvalue weighted by molar-refractivity contribution is 7.92. The lowest BCUT2D eigenvalue weighted by atomic mass is 10.2. The molecule has 3 rings (SSSR count). The van der Waals surface area contributed by atoms with Crippen LogP contribution in [0, 0.1) is 0 Å². The van der Waals surface area contributed by atoms with Crippen LogP contribution in [0.25, 0.3) is 6.08 Å². The number of benzene rings is 2. The van der Waals surface area contributed by atoms with Crippen molar-refractivity contribution < 1.29 is 22.7 Å². The number of nitrogens with zero attached hydrogens (tertiary/aromatic N) is 2. The molecule has 3 aromatic rings. The Labute approximate surface area is 179 Å². The molecule has 0 saturated heterocycles. The van der Waals surface area contributed by atoms with Crippen molar-refractivity contribution in [1.29, 1.82) is 0 Å². The van der Waals surface area contributed by atoms with E-state index in [0.29, 0.717) is 5.69 Å². The Kier molecular flexibility index (Phi) is 6.83. The molecule has 9 nitrogen and oxygen atoms in total. The molecule has 10 heteroatoms. The maximum atomic E-state index is 12.6. The number of nitrogens with one attached hydrogen (secondary N) is 2. The van der Waals surface area contributed by atoms with Gasteiger partial charge < -0.3 is 14.8 Å². The smallest absolute Gasteiger partial charge is 0.321 e. The fourth-order valence-corrected chi connectivity index (χ4v) is 3.48. The molecular formula is C21H20N4O5S. The topological polar surface area (TPSA) is 120 Å². The number of aromatic nitrogens is 2. The van der Waals surface area contributed by atoms with Gasteiger partial charge in [-0.2, -0.15) is 9.97 Å². The third-order valence-electron chi connectivity index (χ3n) is 3.97. The highest BCUT2D eigenvalue weighted by Gasteiger charge is 2.17. The summed E-state index contributed by atoms with van der Waals surface area (Å²) >= 11 is 0. The third-order valence-corrected chi connectivity index (χ3v) is 5.34. The Balaban J connectivity index is 1.68. The summed E-state index contributed by atoms with van der Waals surface area (Å²) in [7, 11) is -1.19. The van der Waals surface area contributed by atoms with E-state index in [1.54, 1.807) is 6.08 Å². The number of sulfonamides is 1. The van der Waals surface area contributed by atoms with Crippen molar-refractivity contribution in [2.45, 2.75) is 4.90 Å². The molecule has 0 bridgehead atoms. The van der Waals surface area contributed by atoms with Gasteiger partial charge >= 0.3 is 6.01 Å². The molecule has 0 atom stereocenters. The first-order valence-corrected chi connectivity index (χ1v) is 10.5. The van der Waals surface area contributed by atoms with E-state index in [4.69, 9.17) is 9.47 Å². The molecule has 0 saturated carbocycles. The van der Waals surface area contributed by atoms with Crippen molar-refractivity contribution in [3.8, 4) is 11.9 Å². The normalized spacial score (nSPS) is 11.2. The largest absolute Gasteiger partial charge is 0.481 e. The van der Waals surface area contributed by atoms with Crippen LogP contribution in [0.3, 0.4) is 0 Å². The molecule has 0 fully saturated rings. The van der Waals surface area contributed by atoms with Gasteiger partial charge in [-0.05, 0) is 35.9 Å². The van der Waals surface area contributed by atoms with Gasteiger partial charge in [0.15, 0.2) is 5.82 Å². The van der Waals surface area contributed by atoms with Crippen molar-refractivity contribution in [3.63, 3.8) is 0 Å². The van der Waals surface area contributed by atoms with Crippen molar-refractivity contribution in [2.24, 2.45) is 0 Å². The number of rotatable bonds is 8. The minimum atomic E-state index is -3.93. The Morgan fingerprint density at radius 3 is 2.32 bits per heavy atom. The lowest BCUT2D eigenvalue weighted by Gasteiger charge is -2.10. The minimum Gasteiger partial charge on any atom is -0.481 e. The van der Waals surface area contributed by atoms with Gasteiger partial charge in [0.05, 0.1) is 19.1 Å². The Hall–Kier alpha value is -3.92. The molecule has 160 valence electrons. The second-order valence-corrected chi connectivity index (χ2v) is 7.83. The van der Waals surface area contributed by atoms with Crippen LogP contribution in [0.2, 0.25) is 0 Å². The standard InChI is InChI=1S/C21H20N4O5S/c1-29-20-14-18(23-21(24-20)30-2)25-31(27,28)17-11-9-16(10-12-17)22-19(26)13-8-15-6-4-3-5-7-15/h3-14H,1-2H3,(H,22,26)(H,23,24,25). The lowest BCUT2D eigenvalue weighted by molar-refractivity contribution is -0.111. The van der Waals surface area contributed by atoms with E-state index in [-0.39, 0.29) is 28.5 Å². The zero-order valence-electron chi connectivity index (χ0n) is 16.8. The van der Waals surface area contributed by atoms with Gasteiger partial charge in [-0.25, -0.2) is 8.42 Å². The van der Waals surface area contributed by atoms with Crippen LogP contribution >= 0.6 is 0 Å². The van der Waals surface area contributed by atoms with E-state index in [2.05, 4.69) is 20.0 Å². The maximum Gasteiger partial charge on any atom is 0.321 e. The summed E-state index contributed by atoms with van der Waals surface area (Å²) in [4.78, 5) is 19.9. The van der Waals surface area contributed by atoms with Gasteiger partial charge in [-0.15, -0.1) is 0 Å². The lowest BCUT2D eigenvalue weighted by Crippen LogP contribution is -2.15. The number of ether oxygens (including phenoxy) is 2. The summed E-state index contributed by atoms with van der Waals surface area (Å²) in [6, 6.07) is 16.4. The van der Waals surface area contributed by atoms with Crippen LogP contribution in [0.4, 0.5) is 11.5 Å². The highest BCUT2D eigenvalue weighted by atomic mass is 32.2. The Morgan fingerprint density at radius 2 is 1.68 bits per heavy atom. The van der Waals surface area contributed by atoms with Crippen molar-refractivity contribution >= 4 is 33.5 Å². The first kappa shape index (κ1) is 21.8. The van der Waals surface area contributed by atoms with Crippen molar-refractivity contribution in [2.75, 3.05) is 24.3 Å². The van der Waals surface area contributed by atoms with Gasteiger partial charge in [0.25, 0.3) is 10.0 Å². The summed E-state index contributed by atoms with van der Waals surface area (Å²) in [5.41, 5.74) is 1.34. The molecule has 0 spiro atoms. The number of carbonyl (C=O) groups excluding carboxylic acids is 1. The van der Waals surface area contributed by atoms with E-state index in [1.165, 1.54) is 50.6 Å². The van der Waals surface area contributed by atoms with Crippen LogP contribution in [0.5, 0.6) is 11.9 Å². The van der Waals surface area contributed by atoms with Crippen molar-refractivity contribution in [1.82, 2.24) is 9.97 Å². The number of anilines is 2. The van der Waals surface area contributed by atoms with Gasteiger partial charge in [0.1, 0.15) is 0 Å². The van der Waals surface area contributed by atoms with E-state index in [1.807, 2.05) is 30.3 Å². The van der Waals surface area contributed by atoms with Gasteiger partial charge in [-0.1, -0.05) is 30.3 Å². The Bertz CT molecular complexity index is 1160. The summed E-state index contributed by atoms with van der Waals surface area (Å²) in [6.45, 7) is 0. The van der Waals surface area contributed by atoms with Crippen LogP contribution < -0.4 is 19.5 Å². The summed E-state index contributed by atoms with van der Waals surface area (Å²) in [5.74, 6) is -0.198. The summed E-state index contributed by atoms with van der Waals surface area (Å²) in [5, 5.41) is 2.68. The zero-order chi connectivity index (χ0) is 22.3. The van der Waals surface area contributed by atoms with E-state index in [9.17, 15) is 13.2 Å². The SMILES string of the molecule is COc1cc(NS(=O)(=O)c2ccc(NC(=O)C=Cc3ccccc3)cc2)nc(OC)n1. The van der Waals surface area contributed by atoms with Gasteiger partial charge in [0.2, 0.25) is 11.8 Å². The number of carbonyl (C=O) groups is 1. The Morgan fingerprint density at radius 1 is 0.968 bits per heavy atom. The first-order valence-electron chi connectivity index (χ1n) is 9.03. The molecule has 1 heterocycles. The van der Waals surface area contributed by atoms with Gasteiger partial charge in [-0.3, -0.25) is 9.52 Å². The molecular weight excluding hydrogens is 420 g/mol. The fraction of sp³-hybridized carbons (Fsp3) is 0.0952. The van der Waals surface area contributed by atoms with E-state index in [0.717, 1.165) is 5.56 Å². The molecule has 2 aromatic carbocycles. The molecule has 0 aliphatic heterocycles. The average molecular weight is 440 g/mol. The third kappa shape index (κ3) is 6.03. The molecule has 2 N–H and O–H groups in total. The highest BCUT2D eigenvalue weighted by Crippen LogP contribution is 2.21. The van der Waals surface area contributed by atoms with E-state index >= 15 is 0 Å². The molecule has 1 amide bonds. The second-order valence-electron chi connectivity index (χ2n) is 6.15. The van der Waals surface area contributed by atoms with Crippen molar-refractivity contribution in [3.05, 3.63) is 72.3 Å². The zero-order valence-corrected chi connectivity index (χ0v) is 17.6. The van der Waals surface area contributed by atoms with Crippen LogP contribution in [0.1, 0.15) is 5.56 Å². The van der Waals surface area contributed by atoms with Gasteiger partial charge in [0, 0.05) is 17.8 Å². The molecule has 0 aliphatic rings. The molecule has 1 aromatic heterocycles. The van der Waals surface area contributed by atoms with Crippen LogP contribution in [-0.4, -0.2) is 38.5 Å². The molecule has 31 heavy (non-hydrogen) atoms. The van der Waals surface area contributed by atoms with Crippen LogP contribution in [-0.2, 0) is 14.8 Å². The molecule has 0 radical (unpaired) electrons. The first-order chi connectivity index (χ1) is 14.9. The minimum absolute atomic E-state index is 0.00729. The summed E-state index contributed by atoms with van der Waals surface area (Å²) in [6.07, 6.45) is 3.08. The number of methoxy groups -OCH3 is 2. The quantitative estimate of drug-likeness (QED) is 0.517. The number of hydrogen-bond donors (Lipinski definition) is 2. The number of hydrogen-bond acceptors (Lipinski definition) is 7. The fourth-order valence-electron chi connectivity index (χ4n) is 2.49. The predicted molar refractivity (Wildman–Crippen MR) is 116 cm³/mol. The summed E-state index contributed by atoms with van der Waals surface area (Å²) < 4.78 is 37.6. The van der Waals surface area contributed by atoms with Crippen LogP contribution in [0.15, 0.2) is 71.6 Å². The monoisotopic (exact) mass is 440 g/mol. The molecule has 0 unspecified atom stereocenters. The second kappa shape index (κ2) is 9.72. The molecule has 0 aliphatic carbocycles. The maximum absolute atomic E-state index is 12.6. The average Bonchev–Trinajstić information content (AvgIpc) is 2.78. The predicted octanol–water partition coefficient (Wildman–Crippen LogP) is 2.95.